The Morgan fingerprint density at radius 3 is 2.52 bits per heavy atom. The summed E-state index contributed by atoms with van der Waals surface area (Å²) in [6.07, 6.45) is 0.664. The quantitative estimate of drug-likeness (QED) is 0.580. The molecule has 2 N–H and O–H groups in total. The minimum Gasteiger partial charge on any atom is -0.340 e. The van der Waals surface area contributed by atoms with E-state index in [-0.39, 0.29) is 17.5 Å². The second-order valence-corrected chi connectivity index (χ2v) is 7.57. The molecule has 0 bridgehead atoms. The third-order valence-corrected chi connectivity index (χ3v) is 5.21. The molecule has 0 aliphatic rings. The molecule has 2 unspecified atom stereocenters. The van der Waals surface area contributed by atoms with E-state index >= 15 is 0 Å². The Morgan fingerprint density at radius 1 is 1.19 bits per heavy atom. The lowest BCUT2D eigenvalue weighted by Gasteiger charge is -2.24. The van der Waals surface area contributed by atoms with Crippen LogP contribution in [0.3, 0.4) is 0 Å². The fourth-order valence-electron chi connectivity index (χ4n) is 2.95. The van der Waals surface area contributed by atoms with Gasteiger partial charge >= 0.3 is 0 Å². The number of carbonyl (C=O) groups excluding carboxylic acids is 2. The number of tetrazole rings is 1. The Morgan fingerprint density at radius 2 is 1.90 bits per heavy atom. The molecule has 10 heteroatoms. The molecule has 0 aliphatic carbocycles. The normalized spacial score (nSPS) is 12.8. The van der Waals surface area contributed by atoms with Gasteiger partial charge in [-0.3, -0.25) is 9.59 Å². The van der Waals surface area contributed by atoms with Crippen molar-refractivity contribution in [2.24, 2.45) is 5.92 Å². The summed E-state index contributed by atoms with van der Waals surface area (Å²) in [5.74, 6) is -1.08. The Bertz CT molecular complexity index is 1090. The maximum Gasteiger partial charge on any atom is 0.251 e. The van der Waals surface area contributed by atoms with E-state index in [0.29, 0.717) is 28.5 Å². The molecule has 2 amide bonds. The van der Waals surface area contributed by atoms with Crippen molar-refractivity contribution in [3.63, 3.8) is 0 Å². The van der Waals surface area contributed by atoms with Gasteiger partial charge < -0.3 is 10.6 Å². The molecule has 8 nitrogen and oxygen atoms in total. The highest BCUT2D eigenvalue weighted by Gasteiger charge is 2.27. The molecule has 0 fully saturated rings. The van der Waals surface area contributed by atoms with Crippen LogP contribution in [0.25, 0.3) is 5.69 Å². The fourth-order valence-corrected chi connectivity index (χ4v) is 3.08. The number of hydrogen-bond acceptors (Lipinski definition) is 5. The van der Waals surface area contributed by atoms with Crippen molar-refractivity contribution < 1.29 is 14.0 Å². The molecule has 0 spiro atoms. The summed E-state index contributed by atoms with van der Waals surface area (Å²) < 4.78 is 15.5. The molecule has 2 atom stereocenters. The van der Waals surface area contributed by atoms with Crippen LogP contribution >= 0.6 is 11.6 Å². The summed E-state index contributed by atoms with van der Waals surface area (Å²) in [5, 5.41) is 17.1. The average Bonchev–Trinajstić information content (AvgIpc) is 3.18. The number of halogens is 2. The van der Waals surface area contributed by atoms with E-state index in [1.807, 2.05) is 13.8 Å². The molecule has 2 aromatic carbocycles. The summed E-state index contributed by atoms with van der Waals surface area (Å²) in [4.78, 5) is 25.6. The first-order valence-electron chi connectivity index (χ1n) is 9.72. The van der Waals surface area contributed by atoms with E-state index in [4.69, 9.17) is 11.6 Å². The summed E-state index contributed by atoms with van der Waals surface area (Å²) in [7, 11) is 0. The van der Waals surface area contributed by atoms with Crippen LogP contribution in [0.4, 0.5) is 10.1 Å². The van der Waals surface area contributed by atoms with Crippen LogP contribution in [0, 0.1) is 18.7 Å². The van der Waals surface area contributed by atoms with Crippen LogP contribution in [-0.4, -0.2) is 38.1 Å². The largest absolute Gasteiger partial charge is 0.340 e. The van der Waals surface area contributed by atoms with Gasteiger partial charge in [0.2, 0.25) is 5.91 Å². The second-order valence-electron chi connectivity index (χ2n) is 7.14. The molecule has 0 saturated carbocycles. The first-order chi connectivity index (χ1) is 14.8. The first-order valence-corrected chi connectivity index (χ1v) is 10.1. The minimum absolute atomic E-state index is 0.102. The average molecular weight is 445 g/mol. The summed E-state index contributed by atoms with van der Waals surface area (Å²) in [6, 6.07) is 9.68. The van der Waals surface area contributed by atoms with Gasteiger partial charge in [0.05, 0.1) is 0 Å². The molecule has 3 aromatic rings. The number of anilines is 1. The molecule has 0 saturated heterocycles. The van der Waals surface area contributed by atoms with Crippen molar-refractivity contribution in [1.82, 2.24) is 25.5 Å². The van der Waals surface area contributed by atoms with Gasteiger partial charge in [0, 0.05) is 16.3 Å². The zero-order chi connectivity index (χ0) is 22.5. The zero-order valence-corrected chi connectivity index (χ0v) is 18.0. The number of aromatic nitrogens is 4. The van der Waals surface area contributed by atoms with Crippen molar-refractivity contribution in [2.45, 2.75) is 33.2 Å². The summed E-state index contributed by atoms with van der Waals surface area (Å²) >= 11 is 5.87. The lowest BCUT2D eigenvalue weighted by atomic mass is 9.97. The minimum atomic E-state index is -0.795. The number of rotatable bonds is 7. The first kappa shape index (κ1) is 22.4. The Kier molecular flexibility index (Phi) is 6.96. The summed E-state index contributed by atoms with van der Waals surface area (Å²) in [6.45, 7) is 5.43. The van der Waals surface area contributed by atoms with Gasteiger partial charge in [-0.25, -0.2) is 4.39 Å². The Balaban J connectivity index is 1.80. The van der Waals surface area contributed by atoms with Gasteiger partial charge in [0.15, 0.2) is 5.82 Å². The molecule has 0 aliphatic heterocycles. The number of aryl methyl sites for hydroxylation is 1. The standard InChI is InChI=1S/C21H22ClFN6O2/c1-4-12(2)19(25-20(30)14-5-7-15(22)8-6-14)21(31)24-16-9-10-17(23)18(11-16)29-13(3)26-27-28-29/h5-12,19H,4H2,1-3H3,(H,24,31)(H,25,30). The lowest BCUT2D eigenvalue weighted by molar-refractivity contribution is -0.119. The highest BCUT2D eigenvalue weighted by molar-refractivity contribution is 6.30. The van der Waals surface area contributed by atoms with Gasteiger partial charge in [-0.05, 0) is 65.7 Å². The number of benzene rings is 2. The Hall–Kier alpha value is -3.33. The molecular formula is C21H22ClFN6O2. The third-order valence-electron chi connectivity index (χ3n) is 4.96. The van der Waals surface area contributed by atoms with Crippen molar-refractivity contribution >= 4 is 29.1 Å². The van der Waals surface area contributed by atoms with E-state index in [1.165, 1.54) is 22.9 Å². The predicted octanol–water partition coefficient (Wildman–Crippen LogP) is 3.55. The van der Waals surface area contributed by atoms with Crippen LogP contribution in [0.2, 0.25) is 5.02 Å². The second kappa shape index (κ2) is 9.65. The number of nitrogens with one attached hydrogen (secondary N) is 2. The van der Waals surface area contributed by atoms with E-state index < -0.39 is 17.8 Å². The van der Waals surface area contributed by atoms with E-state index in [2.05, 4.69) is 26.2 Å². The van der Waals surface area contributed by atoms with E-state index in [1.54, 1.807) is 31.2 Å². The van der Waals surface area contributed by atoms with Crippen molar-refractivity contribution in [1.29, 1.82) is 0 Å². The molecule has 0 radical (unpaired) electrons. The highest BCUT2D eigenvalue weighted by atomic mass is 35.5. The van der Waals surface area contributed by atoms with Crippen molar-refractivity contribution in [3.05, 3.63) is 64.7 Å². The number of carbonyl (C=O) groups is 2. The molecule has 162 valence electrons. The SMILES string of the molecule is CCC(C)C(NC(=O)c1ccc(Cl)cc1)C(=O)Nc1ccc(F)c(-n2nnnc2C)c1. The maximum atomic E-state index is 14.3. The number of amides is 2. The van der Waals surface area contributed by atoms with Crippen molar-refractivity contribution in [2.75, 3.05) is 5.32 Å². The smallest absolute Gasteiger partial charge is 0.251 e. The van der Waals surface area contributed by atoms with Crippen molar-refractivity contribution in [3.8, 4) is 5.69 Å². The van der Waals surface area contributed by atoms with Gasteiger partial charge in [0.25, 0.3) is 5.91 Å². The van der Waals surface area contributed by atoms with E-state index in [9.17, 15) is 14.0 Å². The highest BCUT2D eigenvalue weighted by Crippen LogP contribution is 2.20. The molecule has 1 heterocycles. The van der Waals surface area contributed by atoms with Crippen LogP contribution in [-0.2, 0) is 4.79 Å². The van der Waals surface area contributed by atoms with Gasteiger partial charge in [-0.15, -0.1) is 5.10 Å². The zero-order valence-electron chi connectivity index (χ0n) is 17.3. The lowest BCUT2D eigenvalue weighted by Crippen LogP contribution is -2.47. The Labute approximate surface area is 183 Å². The van der Waals surface area contributed by atoms with Crippen LogP contribution < -0.4 is 10.6 Å². The van der Waals surface area contributed by atoms with E-state index in [0.717, 1.165) is 0 Å². The van der Waals surface area contributed by atoms with Gasteiger partial charge in [0.1, 0.15) is 17.5 Å². The third kappa shape index (κ3) is 5.24. The van der Waals surface area contributed by atoms with Crippen LogP contribution in [0.1, 0.15) is 36.5 Å². The van der Waals surface area contributed by atoms with Gasteiger partial charge in [-0.2, -0.15) is 4.68 Å². The fraction of sp³-hybridized carbons (Fsp3) is 0.286. The number of hydrogen-bond donors (Lipinski definition) is 2. The van der Waals surface area contributed by atoms with Crippen LogP contribution in [0.5, 0.6) is 0 Å². The topological polar surface area (TPSA) is 102 Å². The molecule has 3 rings (SSSR count). The maximum absolute atomic E-state index is 14.3. The summed E-state index contributed by atoms with van der Waals surface area (Å²) in [5.41, 5.74) is 0.847. The van der Waals surface area contributed by atoms with Gasteiger partial charge in [-0.1, -0.05) is 31.9 Å². The molecule has 1 aromatic heterocycles. The number of nitrogens with zero attached hydrogens (tertiary/aromatic N) is 4. The monoisotopic (exact) mass is 444 g/mol. The van der Waals surface area contributed by atoms with Crippen LogP contribution in [0.15, 0.2) is 42.5 Å². The predicted molar refractivity (Wildman–Crippen MR) is 115 cm³/mol. The molecule has 31 heavy (non-hydrogen) atoms. The molecular weight excluding hydrogens is 423 g/mol.